The number of hydrogen-bond donors (Lipinski definition) is 1. The van der Waals surface area contributed by atoms with Crippen LogP contribution in [-0.4, -0.2) is 34.3 Å². The van der Waals surface area contributed by atoms with Crippen molar-refractivity contribution in [1.29, 1.82) is 0 Å². The van der Waals surface area contributed by atoms with Gasteiger partial charge in [0.2, 0.25) is 0 Å². The monoisotopic (exact) mass is 330 g/mol. The minimum absolute atomic E-state index is 0.147. The Bertz CT molecular complexity index is 412. The van der Waals surface area contributed by atoms with E-state index >= 15 is 0 Å². The highest BCUT2D eigenvalue weighted by Crippen LogP contribution is 2.24. The second-order valence-electron chi connectivity index (χ2n) is 5.86. The molecule has 1 aromatic rings. The quantitative estimate of drug-likeness (QED) is 0.835. The van der Waals surface area contributed by atoms with Gasteiger partial charge in [0, 0.05) is 20.1 Å². The van der Waals surface area contributed by atoms with Crippen molar-refractivity contribution in [2.24, 2.45) is 18.2 Å². The van der Waals surface area contributed by atoms with Crippen LogP contribution in [0.2, 0.25) is 0 Å². The van der Waals surface area contributed by atoms with Crippen LogP contribution < -0.4 is 5.73 Å². The highest BCUT2D eigenvalue weighted by molar-refractivity contribution is 9.10. The Balaban J connectivity index is 2.84. The van der Waals surface area contributed by atoms with Crippen LogP contribution in [0.25, 0.3) is 0 Å². The predicted octanol–water partition coefficient (Wildman–Crippen LogP) is 2.55. The van der Waals surface area contributed by atoms with Crippen molar-refractivity contribution >= 4 is 15.9 Å². The Morgan fingerprint density at radius 3 is 2.42 bits per heavy atom. The van der Waals surface area contributed by atoms with Crippen molar-refractivity contribution in [2.45, 2.75) is 40.7 Å². The third-order valence-corrected chi connectivity index (χ3v) is 4.44. The predicted molar refractivity (Wildman–Crippen MR) is 84.1 cm³/mol. The Labute approximate surface area is 125 Å². The van der Waals surface area contributed by atoms with Gasteiger partial charge in [-0.25, -0.2) is 0 Å². The maximum atomic E-state index is 5.83. The van der Waals surface area contributed by atoms with E-state index in [9.17, 15) is 0 Å². The molecule has 0 spiro atoms. The van der Waals surface area contributed by atoms with Gasteiger partial charge in [-0.1, -0.05) is 27.7 Å². The highest BCUT2D eigenvalue weighted by atomic mass is 79.9. The Hall–Kier alpha value is -0.390. The fraction of sp³-hybridized carbons (Fsp3) is 0.786. The van der Waals surface area contributed by atoms with Gasteiger partial charge >= 0.3 is 0 Å². The largest absolute Gasteiger partial charge is 0.330 e. The molecular formula is C14H27BrN4. The summed E-state index contributed by atoms with van der Waals surface area (Å²) < 4.78 is 3.14. The van der Waals surface area contributed by atoms with Crippen LogP contribution in [0.5, 0.6) is 0 Å². The molecule has 0 aliphatic rings. The average Bonchev–Trinajstić information content (AvgIpc) is 2.64. The van der Waals surface area contributed by atoms with Gasteiger partial charge in [-0.05, 0) is 40.9 Å². The lowest BCUT2D eigenvalue weighted by atomic mass is 9.93. The number of nitrogens with two attached hydrogens (primary N) is 1. The van der Waals surface area contributed by atoms with Gasteiger partial charge in [0.1, 0.15) is 0 Å². The standard InChI is InChI=1S/C14H27BrN4/c1-6-11-13(15)12(18(5)17-11)8-19(7-2)10-14(3,4)9-16/h6-10,16H2,1-5H3. The highest BCUT2D eigenvalue weighted by Gasteiger charge is 2.21. The topological polar surface area (TPSA) is 47.1 Å². The summed E-state index contributed by atoms with van der Waals surface area (Å²) in [6, 6.07) is 0. The van der Waals surface area contributed by atoms with Gasteiger partial charge in [0.25, 0.3) is 0 Å². The second-order valence-corrected chi connectivity index (χ2v) is 6.65. The molecule has 0 saturated heterocycles. The first-order valence-electron chi connectivity index (χ1n) is 6.97. The van der Waals surface area contributed by atoms with Gasteiger partial charge < -0.3 is 5.73 Å². The number of aromatic nitrogens is 2. The second kappa shape index (κ2) is 6.86. The normalized spacial score (nSPS) is 12.4. The van der Waals surface area contributed by atoms with Crippen LogP contribution >= 0.6 is 15.9 Å². The number of rotatable bonds is 7. The summed E-state index contributed by atoms with van der Waals surface area (Å²) in [6.07, 6.45) is 0.953. The molecule has 0 unspecified atom stereocenters. The third-order valence-electron chi connectivity index (χ3n) is 3.53. The molecule has 0 aliphatic carbocycles. The van der Waals surface area contributed by atoms with E-state index < -0.39 is 0 Å². The number of hydrogen-bond acceptors (Lipinski definition) is 3. The maximum Gasteiger partial charge on any atom is 0.0767 e. The first-order chi connectivity index (χ1) is 8.84. The van der Waals surface area contributed by atoms with Crippen LogP contribution in [0.4, 0.5) is 0 Å². The zero-order chi connectivity index (χ0) is 14.6. The van der Waals surface area contributed by atoms with Gasteiger partial charge in [0.15, 0.2) is 0 Å². The first-order valence-corrected chi connectivity index (χ1v) is 7.76. The Kier molecular flexibility index (Phi) is 6.02. The van der Waals surface area contributed by atoms with E-state index in [1.54, 1.807) is 0 Å². The fourth-order valence-corrected chi connectivity index (χ4v) is 2.89. The van der Waals surface area contributed by atoms with Crippen LogP contribution in [0.15, 0.2) is 4.47 Å². The van der Waals surface area contributed by atoms with Crippen molar-refractivity contribution in [3.8, 4) is 0 Å². The molecule has 0 saturated carbocycles. The number of aryl methyl sites for hydroxylation is 2. The van der Waals surface area contributed by atoms with E-state index in [0.29, 0.717) is 6.54 Å². The molecule has 1 aromatic heterocycles. The number of nitrogens with zero attached hydrogens (tertiary/aromatic N) is 3. The summed E-state index contributed by atoms with van der Waals surface area (Å²) in [7, 11) is 2.02. The van der Waals surface area contributed by atoms with E-state index in [2.05, 4.69) is 53.6 Å². The van der Waals surface area contributed by atoms with E-state index in [0.717, 1.165) is 36.2 Å². The van der Waals surface area contributed by atoms with Gasteiger partial charge in [-0.15, -0.1) is 0 Å². The molecule has 0 radical (unpaired) electrons. The van der Waals surface area contributed by atoms with E-state index in [4.69, 9.17) is 5.73 Å². The SMILES string of the molecule is CCc1nn(C)c(CN(CC)CC(C)(C)CN)c1Br. The van der Waals surface area contributed by atoms with E-state index in [1.807, 2.05) is 11.7 Å². The molecule has 5 heteroatoms. The van der Waals surface area contributed by atoms with E-state index in [1.165, 1.54) is 5.69 Å². The molecule has 0 aromatic carbocycles. The molecule has 0 aliphatic heterocycles. The van der Waals surface area contributed by atoms with Crippen molar-refractivity contribution in [2.75, 3.05) is 19.6 Å². The zero-order valence-corrected chi connectivity index (χ0v) is 14.4. The molecule has 0 fully saturated rings. The molecule has 1 heterocycles. The smallest absolute Gasteiger partial charge is 0.0767 e. The summed E-state index contributed by atoms with van der Waals surface area (Å²) >= 11 is 3.68. The molecule has 0 amide bonds. The van der Waals surface area contributed by atoms with Gasteiger partial charge in [0.05, 0.1) is 15.9 Å². The van der Waals surface area contributed by atoms with Gasteiger partial charge in [-0.2, -0.15) is 5.10 Å². The molecule has 110 valence electrons. The van der Waals surface area contributed by atoms with Crippen molar-refractivity contribution in [1.82, 2.24) is 14.7 Å². The number of halogens is 1. The van der Waals surface area contributed by atoms with Gasteiger partial charge in [-0.3, -0.25) is 9.58 Å². The molecule has 0 bridgehead atoms. The van der Waals surface area contributed by atoms with Crippen molar-refractivity contribution < 1.29 is 0 Å². The van der Waals surface area contributed by atoms with Crippen LogP contribution in [0, 0.1) is 5.41 Å². The Morgan fingerprint density at radius 1 is 1.37 bits per heavy atom. The third kappa shape index (κ3) is 4.29. The van der Waals surface area contributed by atoms with Crippen molar-refractivity contribution in [3.63, 3.8) is 0 Å². The van der Waals surface area contributed by atoms with Crippen molar-refractivity contribution in [3.05, 3.63) is 15.9 Å². The lowest BCUT2D eigenvalue weighted by Crippen LogP contribution is -2.38. The zero-order valence-electron chi connectivity index (χ0n) is 12.8. The summed E-state index contributed by atoms with van der Waals surface area (Å²) in [6.45, 7) is 12.4. The molecule has 0 atom stereocenters. The molecule has 19 heavy (non-hydrogen) atoms. The molecule has 4 nitrogen and oxygen atoms in total. The molecule has 2 N–H and O–H groups in total. The van der Waals surface area contributed by atoms with E-state index in [-0.39, 0.29) is 5.41 Å². The maximum absolute atomic E-state index is 5.83. The van der Waals surface area contributed by atoms with Crippen LogP contribution in [-0.2, 0) is 20.0 Å². The van der Waals surface area contributed by atoms with Crippen LogP contribution in [0.3, 0.4) is 0 Å². The lowest BCUT2D eigenvalue weighted by Gasteiger charge is -2.31. The average molecular weight is 331 g/mol. The fourth-order valence-electron chi connectivity index (χ4n) is 2.15. The minimum atomic E-state index is 0.147. The molecule has 1 rings (SSSR count). The Morgan fingerprint density at radius 2 is 2.00 bits per heavy atom. The summed E-state index contributed by atoms with van der Waals surface area (Å²) in [5, 5.41) is 4.55. The summed E-state index contributed by atoms with van der Waals surface area (Å²) in [4.78, 5) is 2.42. The first kappa shape index (κ1) is 16.7. The molecular weight excluding hydrogens is 304 g/mol. The minimum Gasteiger partial charge on any atom is -0.330 e. The summed E-state index contributed by atoms with van der Waals surface area (Å²) in [5.74, 6) is 0. The lowest BCUT2D eigenvalue weighted by molar-refractivity contribution is 0.179. The van der Waals surface area contributed by atoms with Crippen LogP contribution in [0.1, 0.15) is 39.1 Å². The summed E-state index contributed by atoms with van der Waals surface area (Å²) in [5.41, 5.74) is 8.36.